The number of aromatic hydroxyl groups is 1. The highest BCUT2D eigenvalue weighted by molar-refractivity contribution is 6.04. The zero-order valence-electron chi connectivity index (χ0n) is 15.7. The Hall–Kier alpha value is -2.91. The van der Waals surface area contributed by atoms with Gasteiger partial charge >= 0.3 is 5.97 Å². The average molecular weight is 393 g/mol. The maximum Gasteiger partial charge on any atom is 0.344 e. The fourth-order valence-electron chi connectivity index (χ4n) is 2.56. The number of carbonyl (C=O) groups excluding carboxylic acids is 3. The lowest BCUT2D eigenvalue weighted by molar-refractivity contribution is -0.130. The SMILES string of the molecule is COc1cc(O)c2c(c1)NC(=O)CC(O)[C@H](O)C(=O)/C=C\[C@@H](C)C(C)OC2=O. The number of phenolic OH excluding ortho intramolecular Hbond substituents is 1. The molecule has 9 nitrogen and oxygen atoms in total. The number of aliphatic hydroxyl groups is 2. The summed E-state index contributed by atoms with van der Waals surface area (Å²) in [5.41, 5.74) is -0.368. The Labute approximate surface area is 161 Å². The molecule has 1 aliphatic heterocycles. The largest absolute Gasteiger partial charge is 0.507 e. The molecule has 9 heteroatoms. The van der Waals surface area contributed by atoms with Crippen molar-refractivity contribution in [1.29, 1.82) is 0 Å². The van der Waals surface area contributed by atoms with Crippen LogP contribution < -0.4 is 10.1 Å². The van der Waals surface area contributed by atoms with Crippen LogP contribution >= 0.6 is 0 Å². The third-order valence-electron chi connectivity index (χ3n) is 4.45. The second-order valence-corrected chi connectivity index (χ2v) is 6.56. The van der Waals surface area contributed by atoms with Crippen LogP contribution in [0.4, 0.5) is 5.69 Å². The van der Waals surface area contributed by atoms with E-state index < -0.39 is 54.1 Å². The zero-order valence-corrected chi connectivity index (χ0v) is 15.7. The molecule has 0 radical (unpaired) electrons. The smallest absolute Gasteiger partial charge is 0.344 e. The molecule has 152 valence electrons. The van der Waals surface area contributed by atoms with Gasteiger partial charge in [0.05, 0.1) is 25.3 Å². The molecule has 1 aromatic rings. The summed E-state index contributed by atoms with van der Waals surface area (Å²) in [6.45, 7) is 3.28. The first-order chi connectivity index (χ1) is 13.1. The highest BCUT2D eigenvalue weighted by atomic mass is 16.5. The molecule has 0 spiro atoms. The van der Waals surface area contributed by atoms with E-state index >= 15 is 0 Å². The van der Waals surface area contributed by atoms with Crippen LogP contribution in [0.2, 0.25) is 0 Å². The van der Waals surface area contributed by atoms with Gasteiger partial charge < -0.3 is 30.1 Å². The van der Waals surface area contributed by atoms with Crippen molar-refractivity contribution < 1.29 is 39.2 Å². The van der Waals surface area contributed by atoms with Crippen molar-refractivity contribution in [2.24, 2.45) is 5.92 Å². The van der Waals surface area contributed by atoms with Gasteiger partial charge in [0, 0.05) is 18.1 Å². The third kappa shape index (κ3) is 4.87. The predicted molar refractivity (Wildman–Crippen MR) is 98.1 cm³/mol. The molecular formula is C19H23NO8. The van der Waals surface area contributed by atoms with Gasteiger partial charge in [0.1, 0.15) is 29.3 Å². The molecule has 1 heterocycles. The fraction of sp³-hybridized carbons (Fsp3) is 0.421. The molecule has 0 saturated carbocycles. The number of cyclic esters (lactones) is 1. The van der Waals surface area contributed by atoms with E-state index in [0.29, 0.717) is 0 Å². The lowest BCUT2D eigenvalue weighted by Gasteiger charge is -2.21. The third-order valence-corrected chi connectivity index (χ3v) is 4.45. The molecule has 4 N–H and O–H groups in total. The molecular weight excluding hydrogens is 370 g/mol. The van der Waals surface area contributed by atoms with E-state index in [4.69, 9.17) is 9.47 Å². The number of hydrogen-bond acceptors (Lipinski definition) is 8. The minimum atomic E-state index is -1.78. The van der Waals surface area contributed by atoms with E-state index in [9.17, 15) is 29.7 Å². The molecule has 0 fully saturated rings. The van der Waals surface area contributed by atoms with E-state index in [2.05, 4.69) is 5.32 Å². The molecule has 2 unspecified atom stereocenters. The molecule has 0 bridgehead atoms. The Morgan fingerprint density at radius 1 is 1.18 bits per heavy atom. The average Bonchev–Trinajstić information content (AvgIpc) is 2.63. The number of aliphatic hydroxyl groups excluding tert-OH is 2. The van der Waals surface area contributed by atoms with Gasteiger partial charge in [-0.15, -0.1) is 0 Å². The van der Waals surface area contributed by atoms with Gasteiger partial charge in [0.25, 0.3) is 0 Å². The highest BCUT2D eigenvalue weighted by Gasteiger charge is 2.28. The van der Waals surface area contributed by atoms with Crippen molar-refractivity contribution in [2.45, 2.75) is 38.6 Å². The van der Waals surface area contributed by atoms with Gasteiger partial charge in [-0.25, -0.2) is 4.79 Å². The molecule has 4 atom stereocenters. The number of ether oxygens (including phenoxy) is 2. The van der Waals surface area contributed by atoms with E-state index in [-0.39, 0.29) is 17.0 Å². The first-order valence-corrected chi connectivity index (χ1v) is 8.64. The van der Waals surface area contributed by atoms with Gasteiger partial charge in [-0.3, -0.25) is 9.59 Å². The van der Waals surface area contributed by atoms with Crippen molar-refractivity contribution in [2.75, 3.05) is 12.4 Å². The Balaban J connectivity index is 2.50. The van der Waals surface area contributed by atoms with Crippen LogP contribution in [0.25, 0.3) is 0 Å². The quantitative estimate of drug-likeness (QED) is 0.513. The van der Waals surface area contributed by atoms with E-state index in [1.165, 1.54) is 25.3 Å². The number of benzene rings is 1. The van der Waals surface area contributed by atoms with Crippen LogP contribution in [0.15, 0.2) is 24.3 Å². The summed E-state index contributed by atoms with van der Waals surface area (Å²) in [4.78, 5) is 36.8. The van der Waals surface area contributed by atoms with Gasteiger partial charge in [-0.1, -0.05) is 13.0 Å². The monoisotopic (exact) mass is 393 g/mol. The van der Waals surface area contributed by atoms with Crippen molar-refractivity contribution in [1.82, 2.24) is 0 Å². The van der Waals surface area contributed by atoms with E-state index in [1.54, 1.807) is 13.8 Å². The zero-order chi connectivity index (χ0) is 21.0. The first-order valence-electron chi connectivity index (χ1n) is 8.64. The Kier molecular flexibility index (Phi) is 6.76. The van der Waals surface area contributed by atoms with Crippen LogP contribution in [0.1, 0.15) is 30.6 Å². The number of anilines is 1. The van der Waals surface area contributed by atoms with Crippen molar-refractivity contribution in [3.8, 4) is 11.5 Å². The number of phenols is 1. The first kappa shape index (κ1) is 21.4. The standard InChI is InChI=1S/C19H23NO8/c1-9-4-5-13(21)18(25)15(23)8-16(24)20-12-6-11(27-3)7-14(22)17(12)19(26)28-10(9)2/h4-7,9-10,15,18,22-23,25H,8H2,1-3H3,(H,20,24)/b5-4-/t9-,10?,15?,18-/m1/s1. The molecule has 0 aromatic heterocycles. The van der Waals surface area contributed by atoms with Crippen molar-refractivity contribution in [3.63, 3.8) is 0 Å². The number of esters is 1. The number of fused-ring (bicyclic) bond motifs is 1. The molecule has 28 heavy (non-hydrogen) atoms. The Bertz CT molecular complexity index is 803. The number of ketones is 1. The molecule has 1 aliphatic rings. The molecule has 0 aliphatic carbocycles. The van der Waals surface area contributed by atoms with Gasteiger partial charge in [0.2, 0.25) is 5.91 Å². The second-order valence-electron chi connectivity index (χ2n) is 6.56. The predicted octanol–water partition coefficient (Wildman–Crippen LogP) is 0.771. The summed E-state index contributed by atoms with van der Waals surface area (Å²) in [5, 5.41) is 32.5. The van der Waals surface area contributed by atoms with Crippen LogP contribution in [0.5, 0.6) is 11.5 Å². The van der Waals surface area contributed by atoms with Crippen LogP contribution in [0.3, 0.4) is 0 Å². The number of amides is 1. The number of methoxy groups -OCH3 is 1. The summed E-state index contributed by atoms with van der Waals surface area (Å²) < 4.78 is 10.4. The number of carbonyl (C=O) groups is 3. The number of rotatable bonds is 1. The topological polar surface area (TPSA) is 142 Å². The highest BCUT2D eigenvalue weighted by Crippen LogP contribution is 2.33. The fourth-order valence-corrected chi connectivity index (χ4v) is 2.56. The number of hydrogen-bond donors (Lipinski definition) is 4. The van der Waals surface area contributed by atoms with Crippen LogP contribution in [-0.2, 0) is 14.3 Å². The van der Waals surface area contributed by atoms with E-state index in [1.807, 2.05) is 0 Å². The number of nitrogens with one attached hydrogen (secondary N) is 1. The van der Waals surface area contributed by atoms with Crippen LogP contribution in [-0.4, -0.2) is 58.4 Å². The minimum absolute atomic E-state index is 0.0904. The summed E-state index contributed by atoms with van der Waals surface area (Å²) in [7, 11) is 1.34. The summed E-state index contributed by atoms with van der Waals surface area (Å²) in [5.74, 6) is -3.14. The Morgan fingerprint density at radius 2 is 1.86 bits per heavy atom. The van der Waals surface area contributed by atoms with Gasteiger partial charge in [0.15, 0.2) is 5.78 Å². The summed E-state index contributed by atoms with van der Waals surface area (Å²) in [6, 6.07) is 2.50. The van der Waals surface area contributed by atoms with Crippen LogP contribution in [0, 0.1) is 5.92 Å². The molecule has 1 amide bonds. The minimum Gasteiger partial charge on any atom is -0.507 e. The normalized spacial score (nSPS) is 27.8. The van der Waals surface area contributed by atoms with Gasteiger partial charge in [-0.05, 0) is 13.0 Å². The molecule has 2 rings (SSSR count). The van der Waals surface area contributed by atoms with Gasteiger partial charge in [-0.2, -0.15) is 0 Å². The Morgan fingerprint density at radius 3 is 2.50 bits per heavy atom. The maximum absolute atomic E-state index is 12.6. The molecule has 1 aromatic carbocycles. The summed E-state index contributed by atoms with van der Waals surface area (Å²) in [6.07, 6.45) is -2.24. The van der Waals surface area contributed by atoms with Crippen molar-refractivity contribution in [3.05, 3.63) is 29.8 Å². The lowest BCUT2D eigenvalue weighted by Crippen LogP contribution is -2.36. The second kappa shape index (κ2) is 8.85. The van der Waals surface area contributed by atoms with Crippen molar-refractivity contribution >= 4 is 23.3 Å². The molecule has 0 saturated heterocycles. The maximum atomic E-state index is 12.6. The summed E-state index contributed by atoms with van der Waals surface area (Å²) >= 11 is 0. The van der Waals surface area contributed by atoms with E-state index in [0.717, 1.165) is 6.08 Å². The lowest BCUT2D eigenvalue weighted by atomic mass is 10.0.